The van der Waals surface area contributed by atoms with Gasteiger partial charge in [0.15, 0.2) is 11.0 Å². The van der Waals surface area contributed by atoms with E-state index in [0.717, 1.165) is 24.5 Å². The van der Waals surface area contributed by atoms with Crippen molar-refractivity contribution in [1.29, 1.82) is 0 Å². The van der Waals surface area contributed by atoms with E-state index in [-0.39, 0.29) is 6.61 Å². The van der Waals surface area contributed by atoms with Gasteiger partial charge in [-0.1, -0.05) is 36.4 Å². The molecular weight excluding hydrogens is 384 g/mol. The van der Waals surface area contributed by atoms with Crippen LogP contribution < -0.4 is 14.4 Å². The molecule has 0 saturated carbocycles. The van der Waals surface area contributed by atoms with Crippen LogP contribution in [0.5, 0.6) is 0 Å². The van der Waals surface area contributed by atoms with Gasteiger partial charge in [-0.25, -0.2) is 9.13 Å². The minimum atomic E-state index is 0.189. The molecule has 0 aliphatic carbocycles. The number of rotatable bonds is 6. The fourth-order valence-electron chi connectivity index (χ4n) is 4.32. The largest absolute Gasteiger partial charge is 0.396 e. The summed E-state index contributed by atoms with van der Waals surface area (Å²) in [4.78, 5) is 4.42. The molecule has 160 valence electrons. The normalized spacial score (nSPS) is 14.2. The number of hydrogen-bond donors (Lipinski definition) is 1. The molecule has 5 heteroatoms. The van der Waals surface area contributed by atoms with Gasteiger partial charge in [0.25, 0.3) is 5.82 Å². The van der Waals surface area contributed by atoms with Crippen molar-refractivity contribution in [3.63, 3.8) is 0 Å². The number of aryl methyl sites for hydroxylation is 2. The molecule has 3 aromatic rings. The second kappa shape index (κ2) is 8.82. The molecule has 1 aromatic heterocycles. The van der Waals surface area contributed by atoms with E-state index in [4.69, 9.17) is 0 Å². The van der Waals surface area contributed by atoms with Gasteiger partial charge in [0.05, 0.1) is 25.5 Å². The lowest BCUT2D eigenvalue weighted by atomic mass is 10.1. The average molecular weight is 416 g/mol. The zero-order valence-corrected chi connectivity index (χ0v) is 18.8. The van der Waals surface area contributed by atoms with Crippen LogP contribution in [0, 0.1) is 0 Å². The van der Waals surface area contributed by atoms with Crippen LogP contribution >= 0.6 is 0 Å². The molecule has 1 aliphatic heterocycles. The molecule has 0 bridgehead atoms. The molecule has 2 heterocycles. The topological polar surface area (TPSA) is 35.5 Å². The number of aromatic nitrogens is 2. The quantitative estimate of drug-likeness (QED) is 0.485. The minimum Gasteiger partial charge on any atom is -0.396 e. The van der Waals surface area contributed by atoms with Crippen molar-refractivity contribution in [2.75, 3.05) is 30.5 Å². The Hall–Kier alpha value is -3.31. The number of aliphatic hydroxyl groups is 1. The first-order chi connectivity index (χ1) is 15.0. The third-order valence-electron chi connectivity index (χ3n) is 6.10. The predicted octanol–water partition coefficient (Wildman–Crippen LogP) is 4.14. The predicted molar refractivity (Wildman–Crippen MR) is 129 cm³/mol. The fraction of sp³-hybridized carbons (Fsp3) is 0.269. The van der Waals surface area contributed by atoms with Gasteiger partial charge in [0.1, 0.15) is 5.82 Å². The van der Waals surface area contributed by atoms with Crippen molar-refractivity contribution < 1.29 is 9.67 Å². The van der Waals surface area contributed by atoms with Crippen molar-refractivity contribution in [3.8, 4) is 0 Å². The molecule has 0 saturated heterocycles. The lowest BCUT2D eigenvalue weighted by Crippen LogP contribution is -2.30. The molecule has 5 nitrogen and oxygen atoms in total. The number of hydrogen-bond acceptors (Lipinski definition) is 3. The molecule has 0 amide bonds. The van der Waals surface area contributed by atoms with E-state index in [1.807, 2.05) is 0 Å². The van der Waals surface area contributed by atoms with E-state index in [1.54, 1.807) is 0 Å². The molecule has 0 fully saturated rings. The highest BCUT2D eigenvalue weighted by Gasteiger charge is 2.24. The van der Waals surface area contributed by atoms with Crippen LogP contribution in [0.15, 0.2) is 78.2 Å². The Labute approximate surface area is 184 Å². The monoisotopic (exact) mass is 415 g/mol. The van der Waals surface area contributed by atoms with E-state index in [0.29, 0.717) is 0 Å². The Morgan fingerprint density at radius 3 is 2.26 bits per heavy atom. The number of aliphatic hydroxyl groups excluding tert-OH is 1. The number of para-hydroxylation sites is 4. The summed E-state index contributed by atoms with van der Waals surface area (Å²) < 4.78 is 4.42. The average Bonchev–Trinajstić information content (AvgIpc) is 3.18. The highest BCUT2D eigenvalue weighted by molar-refractivity contribution is 5.82. The molecule has 0 spiro atoms. The highest BCUT2D eigenvalue weighted by Crippen LogP contribution is 2.39. The lowest BCUT2D eigenvalue weighted by molar-refractivity contribution is -0.647. The second-order valence-corrected chi connectivity index (χ2v) is 8.00. The molecule has 31 heavy (non-hydrogen) atoms. The van der Waals surface area contributed by atoms with Gasteiger partial charge in [0, 0.05) is 26.8 Å². The summed E-state index contributed by atoms with van der Waals surface area (Å²) in [7, 11) is 8.39. The molecule has 1 N–H and O–H groups in total. The summed E-state index contributed by atoms with van der Waals surface area (Å²) in [6.45, 7) is 0.189. The Morgan fingerprint density at radius 1 is 0.968 bits per heavy atom. The van der Waals surface area contributed by atoms with E-state index < -0.39 is 0 Å². The fourth-order valence-corrected chi connectivity index (χ4v) is 4.32. The first-order valence-electron chi connectivity index (χ1n) is 10.7. The molecule has 1 aliphatic rings. The number of nitrogens with zero attached hydrogens (tertiary/aromatic N) is 4. The van der Waals surface area contributed by atoms with E-state index in [2.05, 4.69) is 120 Å². The summed E-state index contributed by atoms with van der Waals surface area (Å²) in [5, 5.41) is 9.37. The van der Waals surface area contributed by atoms with Crippen LogP contribution in [0.2, 0.25) is 0 Å². The van der Waals surface area contributed by atoms with Crippen LogP contribution in [-0.4, -0.2) is 30.4 Å². The van der Waals surface area contributed by atoms with Gasteiger partial charge >= 0.3 is 0 Å². The Balaban J connectivity index is 1.66. The Kier molecular flexibility index (Phi) is 5.96. The van der Waals surface area contributed by atoms with Gasteiger partial charge in [0.2, 0.25) is 0 Å². The lowest BCUT2D eigenvalue weighted by Gasteiger charge is -2.17. The van der Waals surface area contributed by atoms with Crippen LogP contribution in [0.1, 0.15) is 18.7 Å². The number of allylic oxidation sites excluding steroid dienone is 4. The molecule has 2 aromatic carbocycles. The van der Waals surface area contributed by atoms with Crippen molar-refractivity contribution in [2.45, 2.75) is 12.8 Å². The first kappa shape index (κ1) is 20.9. The van der Waals surface area contributed by atoms with Gasteiger partial charge in [-0.05, 0) is 48.8 Å². The van der Waals surface area contributed by atoms with E-state index in [9.17, 15) is 5.11 Å². The number of benzene rings is 2. The maximum Gasteiger partial charge on any atom is 0.281 e. The molecule has 0 unspecified atom stereocenters. The number of fused-ring (bicyclic) bond motifs is 2. The maximum atomic E-state index is 9.37. The molecular formula is C26H31N4O+. The van der Waals surface area contributed by atoms with Crippen molar-refractivity contribution >= 4 is 28.5 Å². The third-order valence-corrected chi connectivity index (χ3v) is 6.10. The van der Waals surface area contributed by atoms with E-state index in [1.165, 1.54) is 28.0 Å². The van der Waals surface area contributed by atoms with Gasteiger partial charge in [-0.3, -0.25) is 0 Å². The summed E-state index contributed by atoms with van der Waals surface area (Å²) in [6, 6.07) is 16.9. The first-order valence-corrected chi connectivity index (χ1v) is 10.7. The summed E-state index contributed by atoms with van der Waals surface area (Å²) in [6.07, 6.45) is 10.2. The van der Waals surface area contributed by atoms with Gasteiger partial charge < -0.3 is 14.9 Å². The molecule has 4 rings (SSSR count). The smallest absolute Gasteiger partial charge is 0.281 e. The highest BCUT2D eigenvalue weighted by atomic mass is 16.2. The van der Waals surface area contributed by atoms with Crippen LogP contribution in [0.25, 0.3) is 17.1 Å². The summed E-state index contributed by atoms with van der Waals surface area (Å²) in [5.74, 6) is 2.26. The number of imidazole rings is 1. The van der Waals surface area contributed by atoms with Crippen LogP contribution in [0.3, 0.4) is 0 Å². The maximum absolute atomic E-state index is 9.37. The van der Waals surface area contributed by atoms with Crippen molar-refractivity contribution in [3.05, 3.63) is 84.0 Å². The van der Waals surface area contributed by atoms with Gasteiger partial charge in [-0.15, -0.1) is 0 Å². The number of anilines is 2. The minimum absolute atomic E-state index is 0.189. The third kappa shape index (κ3) is 3.89. The van der Waals surface area contributed by atoms with Gasteiger partial charge in [-0.2, -0.15) is 0 Å². The van der Waals surface area contributed by atoms with Crippen LogP contribution in [-0.2, 0) is 14.1 Å². The van der Waals surface area contributed by atoms with Crippen molar-refractivity contribution in [2.24, 2.45) is 14.1 Å². The molecule has 0 radical (unpaired) electrons. The zero-order chi connectivity index (χ0) is 22.0. The Bertz CT molecular complexity index is 1120. The van der Waals surface area contributed by atoms with E-state index >= 15 is 0 Å². The Morgan fingerprint density at radius 2 is 1.61 bits per heavy atom. The summed E-state index contributed by atoms with van der Waals surface area (Å²) in [5.41, 5.74) is 6.02. The zero-order valence-electron chi connectivity index (χ0n) is 18.8. The van der Waals surface area contributed by atoms with Crippen LogP contribution in [0.4, 0.5) is 11.4 Å². The standard InChI is InChI=1S/C26H31N4O/c1-27-21-11-5-6-12-22(21)28(2)25(27)17-15-20(10-9-19-31)16-18-26-29(3)23-13-7-8-14-24(23)30(26)4/h5-8,11-18,31H,9-10,19H2,1-4H3/q+1. The molecule has 0 atom stereocenters. The van der Waals surface area contributed by atoms with Crippen molar-refractivity contribution in [1.82, 2.24) is 4.57 Å². The SMILES string of the molecule is CN1C(=C/C=C(\C=C/c2n(C)c3ccccc3[n+]2C)CCCO)N(C)c2ccccc21. The summed E-state index contributed by atoms with van der Waals surface area (Å²) >= 11 is 0. The second-order valence-electron chi connectivity index (χ2n) is 8.00.